The Morgan fingerprint density at radius 1 is 1.32 bits per heavy atom. The van der Waals surface area contributed by atoms with Crippen LogP contribution in [0.4, 0.5) is 8.78 Å². The number of hydrogen-bond acceptors (Lipinski definition) is 6. The van der Waals surface area contributed by atoms with Crippen LogP contribution in [0.2, 0.25) is 0 Å². The maximum Gasteiger partial charge on any atom is 0.274 e. The number of carbonyl (C=O) groups excluding carboxylic acids is 1. The van der Waals surface area contributed by atoms with Crippen LogP contribution in [0, 0.1) is 18.6 Å². The van der Waals surface area contributed by atoms with Crippen LogP contribution in [0.25, 0.3) is 21.3 Å². The number of nitrogens with one attached hydrogen (secondary N) is 2. The van der Waals surface area contributed by atoms with E-state index in [0.29, 0.717) is 16.5 Å². The largest absolute Gasteiger partial charge is 0.434 e. The summed E-state index contributed by atoms with van der Waals surface area (Å²) in [5.41, 5.74) is -0.874. The van der Waals surface area contributed by atoms with Gasteiger partial charge in [-0.25, -0.2) is 13.8 Å². The van der Waals surface area contributed by atoms with Crippen molar-refractivity contribution in [3.05, 3.63) is 62.6 Å². The predicted molar refractivity (Wildman–Crippen MR) is 124 cm³/mol. The molecule has 3 N–H and O–H groups in total. The first-order chi connectivity index (χ1) is 15.9. The van der Waals surface area contributed by atoms with Crippen LogP contribution in [0.1, 0.15) is 34.8 Å². The molecule has 8 nitrogen and oxygen atoms in total. The van der Waals surface area contributed by atoms with Crippen molar-refractivity contribution in [2.24, 2.45) is 7.05 Å². The number of aryl methyl sites for hydroxylation is 2. The van der Waals surface area contributed by atoms with E-state index in [9.17, 15) is 19.1 Å². The van der Waals surface area contributed by atoms with Gasteiger partial charge in [-0.05, 0) is 32.9 Å². The van der Waals surface area contributed by atoms with Crippen molar-refractivity contribution in [2.75, 3.05) is 7.05 Å². The number of pyridine rings is 2. The van der Waals surface area contributed by atoms with Crippen molar-refractivity contribution in [1.29, 1.82) is 0 Å². The molecule has 0 radical (unpaired) electrons. The molecule has 0 saturated heterocycles. The molecule has 11 heteroatoms. The van der Waals surface area contributed by atoms with Crippen molar-refractivity contribution in [1.82, 2.24) is 19.9 Å². The van der Waals surface area contributed by atoms with Crippen molar-refractivity contribution < 1.29 is 23.4 Å². The molecule has 178 valence electrons. The smallest absolute Gasteiger partial charge is 0.274 e. The van der Waals surface area contributed by atoms with Gasteiger partial charge in [-0.2, -0.15) is 0 Å². The number of fused-ring (bicyclic) bond motifs is 1. The van der Waals surface area contributed by atoms with Gasteiger partial charge in [-0.1, -0.05) is 0 Å². The molecule has 4 rings (SSSR count). The zero-order valence-corrected chi connectivity index (χ0v) is 19.9. The fourth-order valence-electron chi connectivity index (χ4n) is 3.56. The lowest BCUT2D eigenvalue weighted by molar-refractivity contribution is 0.0785. The van der Waals surface area contributed by atoms with E-state index in [2.05, 4.69) is 15.3 Å². The number of aromatic amines is 1. The molecule has 0 aliphatic carbocycles. The molecule has 0 atom stereocenters. The summed E-state index contributed by atoms with van der Waals surface area (Å²) in [6.07, 6.45) is 2.46. The zero-order valence-electron chi connectivity index (χ0n) is 19.0. The molecule has 0 aliphatic rings. The molecular weight excluding hydrogens is 466 g/mol. The minimum absolute atomic E-state index is 0.00123. The van der Waals surface area contributed by atoms with Gasteiger partial charge >= 0.3 is 0 Å². The van der Waals surface area contributed by atoms with Gasteiger partial charge in [0.2, 0.25) is 5.88 Å². The minimum atomic E-state index is -1.54. The van der Waals surface area contributed by atoms with Gasteiger partial charge in [0.1, 0.15) is 17.0 Å². The van der Waals surface area contributed by atoms with E-state index in [-0.39, 0.29) is 38.2 Å². The number of amides is 1. The number of rotatable bonds is 5. The molecule has 4 heterocycles. The summed E-state index contributed by atoms with van der Waals surface area (Å²) in [4.78, 5) is 31.9. The molecule has 0 spiro atoms. The van der Waals surface area contributed by atoms with Gasteiger partial charge in [0, 0.05) is 36.8 Å². The number of H-pyrrole nitrogens is 1. The lowest BCUT2D eigenvalue weighted by atomic mass is 10.1. The molecule has 0 aliphatic heterocycles. The Balaban J connectivity index is 2.02. The highest BCUT2D eigenvalue weighted by Crippen LogP contribution is 2.48. The van der Waals surface area contributed by atoms with Gasteiger partial charge in [0.15, 0.2) is 11.6 Å². The molecule has 0 unspecified atom stereocenters. The van der Waals surface area contributed by atoms with E-state index in [4.69, 9.17) is 4.74 Å². The zero-order chi connectivity index (χ0) is 24.9. The Morgan fingerprint density at radius 2 is 2.03 bits per heavy atom. The molecule has 4 aromatic heterocycles. The Bertz CT molecular complexity index is 1500. The highest BCUT2D eigenvalue weighted by atomic mass is 32.1. The normalized spacial score (nSPS) is 11.8. The van der Waals surface area contributed by atoms with Crippen molar-refractivity contribution >= 4 is 28.1 Å². The van der Waals surface area contributed by atoms with Gasteiger partial charge in [-0.15, -0.1) is 11.3 Å². The number of aromatic nitrogens is 3. The van der Waals surface area contributed by atoms with Crippen LogP contribution in [0.3, 0.4) is 0 Å². The average molecular weight is 489 g/mol. The minimum Gasteiger partial charge on any atom is -0.434 e. The van der Waals surface area contributed by atoms with E-state index in [1.54, 1.807) is 6.92 Å². The third-order valence-electron chi connectivity index (χ3n) is 5.24. The van der Waals surface area contributed by atoms with Crippen LogP contribution in [0.5, 0.6) is 11.6 Å². The Labute approximate surface area is 196 Å². The van der Waals surface area contributed by atoms with Crippen molar-refractivity contribution in [2.45, 2.75) is 26.4 Å². The predicted octanol–water partition coefficient (Wildman–Crippen LogP) is 3.96. The summed E-state index contributed by atoms with van der Waals surface area (Å²) in [6, 6.07) is 2.70. The maximum atomic E-state index is 15.6. The number of nitrogens with zero attached hydrogens (tertiary/aromatic N) is 2. The molecule has 0 saturated carbocycles. The van der Waals surface area contributed by atoms with E-state index in [1.165, 1.54) is 50.8 Å². The van der Waals surface area contributed by atoms with Crippen molar-refractivity contribution in [3.63, 3.8) is 0 Å². The number of carbonyl (C=O) groups is 1. The quantitative estimate of drug-likeness (QED) is 0.394. The molecule has 1 amide bonds. The number of hydrogen-bond donors (Lipinski definition) is 3. The van der Waals surface area contributed by atoms with Gasteiger partial charge in [-0.3, -0.25) is 9.59 Å². The highest BCUT2D eigenvalue weighted by Gasteiger charge is 2.32. The Kier molecular flexibility index (Phi) is 5.78. The third kappa shape index (κ3) is 3.97. The molecule has 0 aromatic carbocycles. The molecule has 0 bridgehead atoms. The third-order valence-corrected chi connectivity index (χ3v) is 6.73. The summed E-state index contributed by atoms with van der Waals surface area (Å²) in [5, 5.41) is 13.4. The second-order valence-electron chi connectivity index (χ2n) is 8.35. The maximum absolute atomic E-state index is 15.6. The fourth-order valence-corrected chi connectivity index (χ4v) is 4.69. The SMILES string of the molecule is CNC(=O)c1cc2c(-c3sc(C(C)(C)O)c(F)c3Oc3ncc(F)cc3C)cn(C)c(=O)c2[nH]1. The summed E-state index contributed by atoms with van der Waals surface area (Å²) in [5.74, 6) is -2.04. The highest BCUT2D eigenvalue weighted by molar-refractivity contribution is 7.16. The number of thiophene rings is 1. The molecule has 4 aromatic rings. The second-order valence-corrected chi connectivity index (χ2v) is 9.37. The summed E-state index contributed by atoms with van der Waals surface area (Å²) in [6.45, 7) is 4.44. The van der Waals surface area contributed by atoms with Crippen LogP contribution < -0.4 is 15.6 Å². The average Bonchev–Trinajstić information content (AvgIpc) is 3.34. The van der Waals surface area contributed by atoms with Gasteiger partial charge in [0.05, 0.1) is 21.6 Å². The fraction of sp³-hybridized carbons (Fsp3) is 0.261. The van der Waals surface area contributed by atoms with Crippen LogP contribution in [0.15, 0.2) is 29.3 Å². The first-order valence-electron chi connectivity index (χ1n) is 10.2. The van der Waals surface area contributed by atoms with E-state index < -0.39 is 23.1 Å². The Hall–Kier alpha value is -3.57. The molecule has 0 fully saturated rings. The van der Waals surface area contributed by atoms with Gasteiger partial charge in [0.25, 0.3) is 11.5 Å². The van der Waals surface area contributed by atoms with Crippen molar-refractivity contribution in [3.8, 4) is 22.1 Å². The van der Waals surface area contributed by atoms with E-state index >= 15 is 4.39 Å². The topological polar surface area (TPSA) is 109 Å². The molecular formula is C23H22F2N4O4S. The Morgan fingerprint density at radius 3 is 2.65 bits per heavy atom. The lowest BCUT2D eigenvalue weighted by Gasteiger charge is -2.14. The monoisotopic (exact) mass is 488 g/mol. The second kappa shape index (κ2) is 8.33. The van der Waals surface area contributed by atoms with E-state index in [1.807, 2.05) is 0 Å². The summed E-state index contributed by atoms with van der Waals surface area (Å²) < 4.78 is 36.3. The number of ether oxygens (including phenoxy) is 1. The summed E-state index contributed by atoms with van der Waals surface area (Å²) >= 11 is 0.946. The molecule has 34 heavy (non-hydrogen) atoms. The summed E-state index contributed by atoms with van der Waals surface area (Å²) in [7, 11) is 2.99. The number of aliphatic hydroxyl groups is 1. The lowest BCUT2D eigenvalue weighted by Crippen LogP contribution is -2.19. The number of halogens is 2. The van der Waals surface area contributed by atoms with E-state index in [0.717, 1.165) is 17.5 Å². The van der Waals surface area contributed by atoms with Crippen LogP contribution in [-0.4, -0.2) is 32.6 Å². The first-order valence-corrected chi connectivity index (χ1v) is 11.0. The van der Waals surface area contributed by atoms with Crippen LogP contribution in [-0.2, 0) is 12.6 Å². The first kappa shape index (κ1) is 23.6. The van der Waals surface area contributed by atoms with Gasteiger partial charge < -0.3 is 24.7 Å². The van der Waals surface area contributed by atoms with Crippen LogP contribution >= 0.6 is 11.3 Å². The standard InChI is InChI=1S/C23H22F2N4O4S/c1-10-6-11(24)8-27-21(10)33-17-15(25)19(23(2,3)32)34-18(17)13-9-29(5)22(31)16-12(13)7-14(28-16)20(30)26-4/h6-9,28,32H,1-5H3,(H,26,30).